The molecule has 2 atom stereocenters. The summed E-state index contributed by atoms with van der Waals surface area (Å²) in [6.07, 6.45) is 5.35. The maximum absolute atomic E-state index is 3.45. The quantitative estimate of drug-likeness (QED) is 0.858. The van der Waals surface area contributed by atoms with Gasteiger partial charge in [-0.2, -0.15) is 0 Å². The predicted molar refractivity (Wildman–Crippen MR) is 77.7 cm³/mol. The van der Waals surface area contributed by atoms with Crippen LogP contribution in [0.25, 0.3) is 0 Å². The highest BCUT2D eigenvalue weighted by atomic mass is 15.2. The summed E-state index contributed by atoms with van der Waals surface area (Å²) in [5.41, 5.74) is 1.41. The third-order valence-electron chi connectivity index (χ3n) is 4.20. The van der Waals surface area contributed by atoms with E-state index in [9.17, 15) is 0 Å². The van der Waals surface area contributed by atoms with Gasteiger partial charge in [-0.1, -0.05) is 36.8 Å². The summed E-state index contributed by atoms with van der Waals surface area (Å²) in [5.74, 6) is 0. The van der Waals surface area contributed by atoms with Crippen molar-refractivity contribution in [2.75, 3.05) is 20.1 Å². The van der Waals surface area contributed by atoms with Crippen LogP contribution in [-0.4, -0.2) is 31.1 Å². The molecule has 1 aliphatic rings. The first-order valence-corrected chi connectivity index (χ1v) is 7.27. The minimum atomic E-state index is 0.486. The average molecular weight is 246 g/mol. The van der Waals surface area contributed by atoms with Gasteiger partial charge >= 0.3 is 0 Å². The molecule has 0 radical (unpaired) electrons. The minimum absolute atomic E-state index is 0.486. The van der Waals surface area contributed by atoms with Crippen LogP contribution in [0.5, 0.6) is 0 Å². The molecule has 1 aromatic rings. The number of hydrogen-bond donors (Lipinski definition) is 1. The SMILES string of the molecule is CNC(CCN1CCCCC1C)c1ccccc1. The Morgan fingerprint density at radius 3 is 2.72 bits per heavy atom. The van der Waals surface area contributed by atoms with E-state index in [0.717, 1.165) is 6.04 Å². The Morgan fingerprint density at radius 1 is 1.28 bits per heavy atom. The van der Waals surface area contributed by atoms with Gasteiger partial charge in [-0.25, -0.2) is 0 Å². The molecule has 0 saturated carbocycles. The summed E-state index contributed by atoms with van der Waals surface area (Å²) < 4.78 is 0. The molecule has 1 saturated heterocycles. The van der Waals surface area contributed by atoms with Gasteiger partial charge in [-0.05, 0) is 45.3 Å². The monoisotopic (exact) mass is 246 g/mol. The Labute approximate surface area is 111 Å². The number of likely N-dealkylation sites (tertiary alicyclic amines) is 1. The lowest BCUT2D eigenvalue weighted by Gasteiger charge is -2.34. The van der Waals surface area contributed by atoms with Crippen LogP contribution >= 0.6 is 0 Å². The van der Waals surface area contributed by atoms with Gasteiger partial charge in [-0.15, -0.1) is 0 Å². The van der Waals surface area contributed by atoms with Gasteiger partial charge in [0.05, 0.1) is 0 Å². The van der Waals surface area contributed by atoms with Gasteiger partial charge < -0.3 is 10.2 Å². The van der Waals surface area contributed by atoms with Crippen LogP contribution in [0.15, 0.2) is 30.3 Å². The molecule has 100 valence electrons. The molecule has 1 aromatic carbocycles. The largest absolute Gasteiger partial charge is 0.313 e. The van der Waals surface area contributed by atoms with E-state index in [-0.39, 0.29) is 0 Å². The summed E-state index contributed by atoms with van der Waals surface area (Å²) in [5, 5.41) is 3.45. The van der Waals surface area contributed by atoms with Gasteiger partial charge in [-0.3, -0.25) is 0 Å². The van der Waals surface area contributed by atoms with E-state index >= 15 is 0 Å². The van der Waals surface area contributed by atoms with Crippen molar-refractivity contribution in [1.29, 1.82) is 0 Å². The van der Waals surface area contributed by atoms with Crippen LogP contribution in [0.3, 0.4) is 0 Å². The van der Waals surface area contributed by atoms with Crippen molar-refractivity contribution >= 4 is 0 Å². The van der Waals surface area contributed by atoms with Crippen LogP contribution in [0.1, 0.15) is 44.2 Å². The Kier molecular flexibility index (Phi) is 5.21. The number of nitrogens with zero attached hydrogens (tertiary/aromatic N) is 1. The Bertz CT molecular complexity index is 336. The molecule has 0 amide bonds. The van der Waals surface area contributed by atoms with Crippen molar-refractivity contribution in [3.8, 4) is 0 Å². The number of piperidine rings is 1. The van der Waals surface area contributed by atoms with Crippen molar-refractivity contribution in [1.82, 2.24) is 10.2 Å². The first-order chi connectivity index (χ1) is 8.81. The van der Waals surface area contributed by atoms with Crippen molar-refractivity contribution in [2.24, 2.45) is 0 Å². The van der Waals surface area contributed by atoms with Crippen LogP contribution in [-0.2, 0) is 0 Å². The molecule has 1 heterocycles. The molecule has 18 heavy (non-hydrogen) atoms. The minimum Gasteiger partial charge on any atom is -0.313 e. The van der Waals surface area contributed by atoms with Gasteiger partial charge in [0, 0.05) is 18.6 Å². The predicted octanol–water partition coefficient (Wildman–Crippen LogP) is 3.21. The molecule has 1 aliphatic heterocycles. The van der Waals surface area contributed by atoms with Crippen molar-refractivity contribution < 1.29 is 0 Å². The molecule has 0 spiro atoms. The lowest BCUT2D eigenvalue weighted by molar-refractivity contribution is 0.154. The lowest BCUT2D eigenvalue weighted by atomic mass is 10.0. The zero-order valence-electron chi connectivity index (χ0n) is 11.7. The highest BCUT2D eigenvalue weighted by Gasteiger charge is 2.19. The molecule has 1 N–H and O–H groups in total. The number of benzene rings is 1. The zero-order chi connectivity index (χ0) is 12.8. The number of hydrogen-bond acceptors (Lipinski definition) is 2. The van der Waals surface area contributed by atoms with Gasteiger partial charge in [0.25, 0.3) is 0 Å². The van der Waals surface area contributed by atoms with E-state index in [4.69, 9.17) is 0 Å². The molecule has 2 heteroatoms. The molecule has 1 fully saturated rings. The van der Waals surface area contributed by atoms with Gasteiger partial charge in [0.15, 0.2) is 0 Å². The molecule has 0 aliphatic carbocycles. The van der Waals surface area contributed by atoms with Crippen LogP contribution in [0, 0.1) is 0 Å². The summed E-state index contributed by atoms with van der Waals surface area (Å²) >= 11 is 0. The van der Waals surface area contributed by atoms with Crippen molar-refractivity contribution in [3.05, 3.63) is 35.9 Å². The average Bonchev–Trinajstić information content (AvgIpc) is 2.42. The molecular formula is C16H26N2. The summed E-state index contributed by atoms with van der Waals surface area (Å²) in [6.45, 7) is 4.87. The molecule has 2 rings (SSSR count). The summed E-state index contributed by atoms with van der Waals surface area (Å²) in [7, 11) is 2.07. The van der Waals surface area contributed by atoms with E-state index < -0.39 is 0 Å². The van der Waals surface area contributed by atoms with E-state index in [1.165, 1.54) is 44.3 Å². The molecule has 2 nitrogen and oxygen atoms in total. The smallest absolute Gasteiger partial charge is 0.0329 e. The van der Waals surface area contributed by atoms with E-state index in [0.29, 0.717) is 6.04 Å². The normalized spacial score (nSPS) is 22.9. The van der Waals surface area contributed by atoms with Crippen LogP contribution < -0.4 is 5.32 Å². The van der Waals surface area contributed by atoms with Crippen molar-refractivity contribution in [3.63, 3.8) is 0 Å². The molecule has 0 bridgehead atoms. The van der Waals surface area contributed by atoms with Crippen molar-refractivity contribution in [2.45, 2.75) is 44.7 Å². The molecule has 2 unspecified atom stereocenters. The standard InChI is InChI=1S/C16H26N2/c1-14-8-6-7-12-18(14)13-11-16(17-2)15-9-4-3-5-10-15/h3-5,9-10,14,16-17H,6-8,11-13H2,1-2H3. The zero-order valence-corrected chi connectivity index (χ0v) is 11.7. The van der Waals surface area contributed by atoms with Gasteiger partial charge in [0.2, 0.25) is 0 Å². The highest BCUT2D eigenvalue weighted by Crippen LogP contribution is 2.20. The first-order valence-electron chi connectivity index (χ1n) is 7.27. The van der Waals surface area contributed by atoms with Crippen LogP contribution in [0.2, 0.25) is 0 Å². The summed E-state index contributed by atoms with van der Waals surface area (Å²) in [6, 6.07) is 12.0. The number of nitrogens with one attached hydrogen (secondary N) is 1. The fourth-order valence-corrected chi connectivity index (χ4v) is 2.95. The van der Waals surface area contributed by atoms with E-state index in [1.54, 1.807) is 0 Å². The summed E-state index contributed by atoms with van der Waals surface area (Å²) in [4.78, 5) is 2.65. The molecular weight excluding hydrogens is 220 g/mol. The fourth-order valence-electron chi connectivity index (χ4n) is 2.95. The van der Waals surface area contributed by atoms with Crippen LogP contribution in [0.4, 0.5) is 0 Å². The second kappa shape index (κ2) is 6.91. The maximum Gasteiger partial charge on any atom is 0.0329 e. The second-order valence-corrected chi connectivity index (χ2v) is 5.42. The van der Waals surface area contributed by atoms with E-state index in [1.807, 2.05) is 0 Å². The Balaban J connectivity index is 1.87. The first kappa shape index (κ1) is 13.6. The topological polar surface area (TPSA) is 15.3 Å². The molecule has 0 aromatic heterocycles. The number of rotatable bonds is 5. The second-order valence-electron chi connectivity index (χ2n) is 5.42. The van der Waals surface area contributed by atoms with E-state index in [2.05, 4.69) is 54.5 Å². The Hall–Kier alpha value is -0.860. The lowest BCUT2D eigenvalue weighted by Crippen LogP contribution is -2.39. The van der Waals surface area contributed by atoms with Gasteiger partial charge in [0.1, 0.15) is 0 Å². The highest BCUT2D eigenvalue weighted by molar-refractivity contribution is 5.18. The fraction of sp³-hybridized carbons (Fsp3) is 0.625. The maximum atomic E-state index is 3.45. The Morgan fingerprint density at radius 2 is 2.06 bits per heavy atom. The third kappa shape index (κ3) is 3.56. The third-order valence-corrected chi connectivity index (χ3v) is 4.20.